The lowest BCUT2D eigenvalue weighted by molar-refractivity contribution is -0.00572. The van der Waals surface area contributed by atoms with E-state index in [2.05, 4.69) is 14.8 Å². The number of methoxy groups -OCH3 is 2. The molecule has 2 aliphatic rings. The molecule has 2 aromatic carbocycles. The molecule has 6 rings (SSSR count). The van der Waals surface area contributed by atoms with E-state index in [1.54, 1.807) is 73.6 Å². The number of carbonyl (C=O) groups excluding carboxylic acids is 3. The number of benzene rings is 2. The van der Waals surface area contributed by atoms with Crippen molar-refractivity contribution in [1.82, 2.24) is 19.7 Å². The zero-order valence-electron chi connectivity index (χ0n) is 26.7. The molecule has 4 aromatic rings. The molecule has 1 saturated heterocycles. The minimum Gasteiger partial charge on any atom is -0.496 e. The quantitative estimate of drug-likeness (QED) is 0.253. The number of piperidine rings is 1. The van der Waals surface area contributed by atoms with E-state index in [9.17, 15) is 14.4 Å². The van der Waals surface area contributed by atoms with Gasteiger partial charge in [0.1, 0.15) is 22.8 Å². The molecule has 0 aliphatic carbocycles. The predicted octanol–water partition coefficient (Wildman–Crippen LogP) is 5.27. The van der Waals surface area contributed by atoms with Crippen molar-refractivity contribution in [3.05, 3.63) is 77.9 Å². The summed E-state index contributed by atoms with van der Waals surface area (Å²) in [6.45, 7) is 3.21. The Bertz CT molecular complexity index is 1740. The van der Waals surface area contributed by atoms with Gasteiger partial charge in [-0.05, 0) is 42.8 Å². The highest BCUT2D eigenvalue weighted by molar-refractivity contribution is 6.02. The van der Waals surface area contributed by atoms with Gasteiger partial charge in [0.25, 0.3) is 5.91 Å². The first kappa shape index (κ1) is 32.4. The standard InChI is InChI=1S/C33H32N4O6.C2H6O/c1-4-42-30-14-23(13-29(41-3)31(30)25-18-35-36(2)19-25)32(40)37-9-7-33(8-10-37)15-27(39)26-12-22(5-6-28(26)43-33)24-11-21(20-38)16-34-17-24;1-3-2/h5-6,11-14,16-20H,4,7-10,15H2,1-3H3;1-2H3. The fraction of sp³-hybridized carbons (Fsp3) is 0.343. The molecule has 11 heteroatoms. The molecule has 0 N–H and O–H groups in total. The van der Waals surface area contributed by atoms with Crippen molar-refractivity contribution in [3.8, 4) is 39.5 Å². The summed E-state index contributed by atoms with van der Waals surface area (Å²) in [5, 5.41) is 4.27. The van der Waals surface area contributed by atoms with Crippen molar-refractivity contribution in [3.63, 3.8) is 0 Å². The van der Waals surface area contributed by atoms with E-state index in [1.165, 1.54) is 6.20 Å². The van der Waals surface area contributed by atoms with Gasteiger partial charge in [-0.3, -0.25) is 24.0 Å². The third-order valence-corrected chi connectivity index (χ3v) is 8.11. The molecule has 0 radical (unpaired) electrons. The molecule has 11 nitrogen and oxygen atoms in total. The number of rotatable bonds is 7. The lowest BCUT2D eigenvalue weighted by Gasteiger charge is -2.44. The van der Waals surface area contributed by atoms with Crippen molar-refractivity contribution in [1.29, 1.82) is 0 Å². The van der Waals surface area contributed by atoms with Gasteiger partial charge in [-0.2, -0.15) is 5.10 Å². The highest BCUT2D eigenvalue weighted by Crippen LogP contribution is 2.42. The number of Topliss-reactive ketones (excluding diaryl/α,β-unsaturated/α-hetero) is 1. The van der Waals surface area contributed by atoms with E-state index < -0.39 is 5.60 Å². The van der Waals surface area contributed by atoms with Crippen LogP contribution in [-0.4, -0.2) is 84.3 Å². The first-order valence-electron chi connectivity index (χ1n) is 15.0. The topological polar surface area (TPSA) is 122 Å². The van der Waals surface area contributed by atoms with Gasteiger partial charge in [-0.1, -0.05) is 6.07 Å². The van der Waals surface area contributed by atoms with E-state index in [-0.39, 0.29) is 18.1 Å². The average Bonchev–Trinajstić information content (AvgIpc) is 3.50. The molecule has 1 amide bonds. The van der Waals surface area contributed by atoms with E-state index in [0.717, 1.165) is 28.5 Å². The number of likely N-dealkylation sites (tertiary alicyclic amines) is 1. The number of aldehydes is 1. The lowest BCUT2D eigenvalue weighted by Crippen LogP contribution is -2.52. The minimum absolute atomic E-state index is 0.000499. The van der Waals surface area contributed by atoms with Crippen LogP contribution in [0.4, 0.5) is 0 Å². The second kappa shape index (κ2) is 13.9. The van der Waals surface area contributed by atoms with Crippen LogP contribution in [-0.2, 0) is 11.8 Å². The molecule has 1 fully saturated rings. The Kier molecular flexibility index (Phi) is 9.81. The summed E-state index contributed by atoms with van der Waals surface area (Å²) >= 11 is 0. The molecule has 240 valence electrons. The van der Waals surface area contributed by atoms with Gasteiger partial charge in [0.05, 0.1) is 37.5 Å². The zero-order chi connectivity index (χ0) is 32.8. The Hall–Kier alpha value is -5.03. The molecule has 46 heavy (non-hydrogen) atoms. The second-order valence-electron chi connectivity index (χ2n) is 11.3. The van der Waals surface area contributed by atoms with Gasteiger partial charge in [-0.15, -0.1) is 0 Å². The molecule has 0 bridgehead atoms. The molecule has 1 spiro atoms. The summed E-state index contributed by atoms with van der Waals surface area (Å²) in [4.78, 5) is 44.1. The fourth-order valence-electron chi connectivity index (χ4n) is 5.91. The van der Waals surface area contributed by atoms with Gasteiger partial charge >= 0.3 is 0 Å². The third kappa shape index (κ3) is 6.64. The lowest BCUT2D eigenvalue weighted by atomic mass is 9.82. The van der Waals surface area contributed by atoms with Crippen molar-refractivity contribution in [2.45, 2.75) is 31.8 Å². The van der Waals surface area contributed by atoms with Crippen LogP contribution < -0.4 is 14.2 Å². The first-order chi connectivity index (χ1) is 22.2. The summed E-state index contributed by atoms with van der Waals surface area (Å²) in [5.41, 5.74) is 3.91. The Morgan fingerprint density at radius 3 is 2.39 bits per heavy atom. The smallest absolute Gasteiger partial charge is 0.254 e. The average molecular weight is 627 g/mol. The Labute approximate surface area is 268 Å². The summed E-state index contributed by atoms with van der Waals surface area (Å²) in [6.07, 6.45) is 8.81. The number of nitrogens with zero attached hydrogens (tertiary/aromatic N) is 4. The second-order valence-corrected chi connectivity index (χ2v) is 11.3. The number of aromatic nitrogens is 3. The molecule has 4 heterocycles. The van der Waals surface area contributed by atoms with Crippen LogP contribution in [0.15, 0.2) is 61.2 Å². The Morgan fingerprint density at radius 1 is 1.00 bits per heavy atom. The Morgan fingerprint density at radius 2 is 1.74 bits per heavy atom. The predicted molar refractivity (Wildman–Crippen MR) is 172 cm³/mol. The molecule has 0 atom stereocenters. The summed E-state index contributed by atoms with van der Waals surface area (Å²) in [5.74, 6) is 1.49. The number of hydrogen-bond donors (Lipinski definition) is 0. The Balaban J connectivity index is 0.00000134. The molecular formula is C35H38N4O7. The zero-order valence-corrected chi connectivity index (χ0v) is 26.7. The van der Waals surface area contributed by atoms with Crippen molar-refractivity contribution in [2.75, 3.05) is 41.0 Å². The maximum Gasteiger partial charge on any atom is 0.254 e. The SMILES string of the molecule is CCOc1cc(C(=O)N2CCC3(CC2)CC(=O)c2cc(-c4cncc(C=O)c4)ccc2O3)cc(OC)c1-c1cnn(C)c1.COC. The number of fused-ring (bicyclic) bond motifs is 1. The van der Waals surface area contributed by atoms with Crippen molar-refractivity contribution in [2.24, 2.45) is 7.05 Å². The summed E-state index contributed by atoms with van der Waals surface area (Å²) < 4.78 is 24.1. The largest absolute Gasteiger partial charge is 0.496 e. The minimum atomic E-state index is -0.667. The van der Waals surface area contributed by atoms with Crippen LogP contribution in [0.2, 0.25) is 0 Å². The van der Waals surface area contributed by atoms with Crippen LogP contribution in [0.5, 0.6) is 17.2 Å². The van der Waals surface area contributed by atoms with E-state index in [4.69, 9.17) is 14.2 Å². The number of carbonyl (C=O) groups is 3. The number of aryl methyl sites for hydroxylation is 1. The highest BCUT2D eigenvalue weighted by atomic mass is 16.5. The third-order valence-electron chi connectivity index (χ3n) is 8.11. The van der Waals surface area contributed by atoms with Gasteiger partial charge in [0.2, 0.25) is 0 Å². The summed E-state index contributed by atoms with van der Waals surface area (Å²) in [6, 6.07) is 10.7. The number of amides is 1. The first-order valence-corrected chi connectivity index (χ1v) is 15.0. The maximum atomic E-state index is 13.7. The summed E-state index contributed by atoms with van der Waals surface area (Å²) in [7, 11) is 6.66. The van der Waals surface area contributed by atoms with Crippen molar-refractivity contribution >= 4 is 18.0 Å². The van der Waals surface area contributed by atoms with Crippen molar-refractivity contribution < 1.29 is 33.3 Å². The molecule has 2 aliphatic heterocycles. The van der Waals surface area contributed by atoms with Gasteiger partial charge in [0.15, 0.2) is 12.1 Å². The van der Waals surface area contributed by atoms with Crippen LogP contribution in [0.1, 0.15) is 57.3 Å². The van der Waals surface area contributed by atoms with Crippen LogP contribution in [0.25, 0.3) is 22.3 Å². The number of pyridine rings is 1. The molecule has 0 saturated carbocycles. The van der Waals surface area contributed by atoms with Gasteiger partial charge in [0, 0.05) is 88.0 Å². The van der Waals surface area contributed by atoms with E-state index in [0.29, 0.717) is 66.5 Å². The monoisotopic (exact) mass is 626 g/mol. The van der Waals surface area contributed by atoms with Crippen LogP contribution >= 0.6 is 0 Å². The normalized spacial score (nSPS) is 14.9. The van der Waals surface area contributed by atoms with Crippen LogP contribution in [0.3, 0.4) is 0 Å². The van der Waals surface area contributed by atoms with Gasteiger partial charge < -0.3 is 23.8 Å². The number of ether oxygens (including phenoxy) is 4. The number of hydrogen-bond acceptors (Lipinski definition) is 9. The van der Waals surface area contributed by atoms with E-state index in [1.807, 2.05) is 26.2 Å². The highest BCUT2D eigenvalue weighted by Gasteiger charge is 2.44. The molecular weight excluding hydrogens is 588 g/mol. The molecule has 0 unspecified atom stereocenters. The van der Waals surface area contributed by atoms with Gasteiger partial charge in [-0.25, -0.2) is 0 Å². The fourth-order valence-corrected chi connectivity index (χ4v) is 5.91. The van der Waals surface area contributed by atoms with Crippen LogP contribution in [0, 0.1) is 0 Å². The number of ketones is 1. The van der Waals surface area contributed by atoms with E-state index >= 15 is 0 Å². The molecule has 2 aromatic heterocycles. The maximum absolute atomic E-state index is 13.7.